The SMILES string of the molecule is COc1cc(C(=O)N=Nc2c(O)[nH]c3cc(F)ccc23)cc(OC)c1OC. The summed E-state index contributed by atoms with van der Waals surface area (Å²) in [6, 6.07) is 6.73. The Balaban J connectivity index is 1.97. The van der Waals surface area contributed by atoms with Crippen LogP contribution in [0.2, 0.25) is 0 Å². The molecule has 9 heteroatoms. The molecule has 0 spiro atoms. The molecule has 1 aromatic heterocycles. The number of ether oxygens (including phenoxy) is 3. The van der Waals surface area contributed by atoms with Crippen molar-refractivity contribution in [2.45, 2.75) is 0 Å². The normalized spacial score (nSPS) is 11.1. The van der Waals surface area contributed by atoms with Gasteiger partial charge in [-0.2, -0.15) is 0 Å². The van der Waals surface area contributed by atoms with Crippen molar-refractivity contribution in [2.24, 2.45) is 10.2 Å². The zero-order valence-electron chi connectivity index (χ0n) is 14.7. The second kappa shape index (κ2) is 7.32. The lowest BCUT2D eigenvalue weighted by molar-refractivity contribution is 0.0994. The van der Waals surface area contributed by atoms with Crippen LogP contribution in [-0.2, 0) is 0 Å². The number of aromatic hydroxyl groups is 1. The first-order valence-electron chi connectivity index (χ1n) is 7.74. The van der Waals surface area contributed by atoms with E-state index in [9.17, 15) is 14.3 Å². The number of benzene rings is 2. The molecule has 8 nitrogen and oxygen atoms in total. The first kappa shape index (κ1) is 18.2. The number of carbonyl (C=O) groups excluding carboxylic acids is 1. The van der Waals surface area contributed by atoms with Crippen molar-refractivity contribution in [2.75, 3.05) is 21.3 Å². The number of azo groups is 1. The van der Waals surface area contributed by atoms with Gasteiger partial charge < -0.3 is 24.3 Å². The van der Waals surface area contributed by atoms with Crippen LogP contribution in [0.15, 0.2) is 40.6 Å². The second-order valence-corrected chi connectivity index (χ2v) is 5.43. The standard InChI is InChI=1S/C18H16FN3O5/c1-25-13-6-9(7-14(26-2)16(13)27-3)17(23)22-21-15-11-5-4-10(19)8-12(11)20-18(15)24/h4-8,20,24H,1-3H3. The van der Waals surface area contributed by atoms with Crippen molar-refractivity contribution in [3.63, 3.8) is 0 Å². The quantitative estimate of drug-likeness (QED) is 0.659. The molecule has 0 atom stereocenters. The lowest BCUT2D eigenvalue weighted by atomic mass is 10.1. The van der Waals surface area contributed by atoms with E-state index in [1.807, 2.05) is 0 Å². The summed E-state index contributed by atoms with van der Waals surface area (Å²) in [6.45, 7) is 0. The van der Waals surface area contributed by atoms with Crippen molar-refractivity contribution in [3.05, 3.63) is 41.7 Å². The topological polar surface area (TPSA) is 106 Å². The third kappa shape index (κ3) is 3.39. The van der Waals surface area contributed by atoms with Gasteiger partial charge in [-0.1, -0.05) is 0 Å². The van der Waals surface area contributed by atoms with E-state index in [1.165, 1.54) is 51.7 Å². The maximum Gasteiger partial charge on any atom is 0.295 e. The molecule has 0 radical (unpaired) electrons. The molecule has 0 bridgehead atoms. The molecule has 1 heterocycles. The fourth-order valence-electron chi connectivity index (χ4n) is 2.60. The molecule has 2 N–H and O–H groups in total. The third-order valence-corrected chi connectivity index (χ3v) is 3.87. The number of halogens is 1. The van der Waals surface area contributed by atoms with Crippen LogP contribution in [0, 0.1) is 5.82 Å². The van der Waals surface area contributed by atoms with Gasteiger partial charge >= 0.3 is 0 Å². The van der Waals surface area contributed by atoms with Gasteiger partial charge in [0, 0.05) is 5.39 Å². The zero-order valence-corrected chi connectivity index (χ0v) is 14.7. The third-order valence-electron chi connectivity index (χ3n) is 3.87. The molecule has 0 aliphatic heterocycles. The minimum atomic E-state index is -0.690. The fraction of sp³-hybridized carbons (Fsp3) is 0.167. The Morgan fingerprint density at radius 3 is 2.33 bits per heavy atom. The Kier molecular flexibility index (Phi) is 4.93. The summed E-state index contributed by atoms with van der Waals surface area (Å²) in [4.78, 5) is 15.0. The smallest absolute Gasteiger partial charge is 0.295 e. The average Bonchev–Trinajstić information content (AvgIpc) is 2.98. The van der Waals surface area contributed by atoms with Crippen LogP contribution in [0.1, 0.15) is 10.4 Å². The average molecular weight is 373 g/mol. The highest BCUT2D eigenvalue weighted by molar-refractivity contribution is 5.97. The Bertz CT molecular complexity index is 1020. The van der Waals surface area contributed by atoms with E-state index in [0.29, 0.717) is 28.2 Å². The number of aromatic nitrogens is 1. The van der Waals surface area contributed by atoms with E-state index in [0.717, 1.165) is 0 Å². The molecule has 27 heavy (non-hydrogen) atoms. The number of H-pyrrole nitrogens is 1. The molecule has 0 unspecified atom stereocenters. The molecule has 3 aromatic rings. The number of methoxy groups -OCH3 is 3. The van der Waals surface area contributed by atoms with Crippen LogP contribution in [0.4, 0.5) is 10.1 Å². The second-order valence-electron chi connectivity index (χ2n) is 5.43. The molecule has 0 saturated heterocycles. The molecule has 1 amide bonds. The zero-order chi connectivity index (χ0) is 19.6. The highest BCUT2D eigenvalue weighted by Gasteiger charge is 2.17. The lowest BCUT2D eigenvalue weighted by Gasteiger charge is -2.12. The van der Waals surface area contributed by atoms with Gasteiger partial charge in [-0.3, -0.25) is 4.79 Å². The Hall–Kier alpha value is -3.62. The van der Waals surface area contributed by atoms with Gasteiger partial charge in [0.15, 0.2) is 17.2 Å². The number of amides is 1. The molecule has 2 aromatic carbocycles. The predicted molar refractivity (Wildman–Crippen MR) is 94.9 cm³/mol. The number of rotatable bonds is 5. The summed E-state index contributed by atoms with van der Waals surface area (Å²) >= 11 is 0. The summed E-state index contributed by atoms with van der Waals surface area (Å²) in [5.41, 5.74) is 0.520. The van der Waals surface area contributed by atoms with Crippen molar-refractivity contribution in [3.8, 4) is 23.1 Å². The van der Waals surface area contributed by atoms with E-state index in [4.69, 9.17) is 14.2 Å². The van der Waals surface area contributed by atoms with Crippen molar-refractivity contribution in [1.29, 1.82) is 0 Å². The Morgan fingerprint density at radius 1 is 1.07 bits per heavy atom. The van der Waals surface area contributed by atoms with Gasteiger partial charge in [0.05, 0.1) is 32.4 Å². The van der Waals surface area contributed by atoms with E-state index in [2.05, 4.69) is 15.2 Å². The van der Waals surface area contributed by atoms with Gasteiger partial charge in [0.2, 0.25) is 11.6 Å². The molecular weight excluding hydrogens is 357 g/mol. The van der Waals surface area contributed by atoms with Crippen molar-refractivity contribution >= 4 is 22.5 Å². The number of nitrogens with zero attached hydrogens (tertiary/aromatic N) is 2. The van der Waals surface area contributed by atoms with Gasteiger partial charge in [-0.15, -0.1) is 10.2 Å². The van der Waals surface area contributed by atoms with Gasteiger partial charge in [0.1, 0.15) is 5.82 Å². The Morgan fingerprint density at radius 2 is 1.74 bits per heavy atom. The molecule has 0 fully saturated rings. The molecule has 3 rings (SSSR count). The maximum atomic E-state index is 13.3. The monoisotopic (exact) mass is 373 g/mol. The minimum Gasteiger partial charge on any atom is -0.493 e. The highest BCUT2D eigenvalue weighted by Crippen LogP contribution is 2.39. The van der Waals surface area contributed by atoms with Crippen LogP contribution < -0.4 is 14.2 Å². The van der Waals surface area contributed by atoms with Crippen LogP contribution >= 0.6 is 0 Å². The molecule has 0 aliphatic rings. The van der Waals surface area contributed by atoms with E-state index in [-0.39, 0.29) is 17.1 Å². The largest absolute Gasteiger partial charge is 0.493 e. The van der Waals surface area contributed by atoms with Gasteiger partial charge in [0.25, 0.3) is 5.91 Å². The summed E-state index contributed by atoms with van der Waals surface area (Å²) in [5, 5.41) is 17.8. The number of hydrogen-bond acceptors (Lipinski definition) is 6. The predicted octanol–water partition coefficient (Wildman–Crippen LogP) is 3.96. The maximum absolute atomic E-state index is 13.3. The summed E-state index contributed by atoms with van der Waals surface area (Å²) in [5.74, 6) is -0.561. The van der Waals surface area contributed by atoms with E-state index in [1.54, 1.807) is 0 Å². The first-order valence-corrected chi connectivity index (χ1v) is 7.74. The summed E-state index contributed by atoms with van der Waals surface area (Å²) in [7, 11) is 4.30. The molecule has 0 aliphatic carbocycles. The molecule has 0 saturated carbocycles. The number of nitrogens with one attached hydrogen (secondary N) is 1. The van der Waals surface area contributed by atoms with E-state index >= 15 is 0 Å². The van der Waals surface area contributed by atoms with Crippen molar-refractivity contribution in [1.82, 2.24) is 4.98 Å². The van der Waals surface area contributed by atoms with Crippen LogP contribution in [-0.4, -0.2) is 37.3 Å². The van der Waals surface area contributed by atoms with Crippen LogP contribution in [0.3, 0.4) is 0 Å². The highest BCUT2D eigenvalue weighted by atomic mass is 19.1. The van der Waals surface area contributed by atoms with Crippen LogP contribution in [0.5, 0.6) is 23.1 Å². The lowest BCUT2D eigenvalue weighted by Crippen LogP contribution is -2.00. The van der Waals surface area contributed by atoms with Gasteiger partial charge in [-0.05, 0) is 30.3 Å². The minimum absolute atomic E-state index is 0.0331. The first-order chi connectivity index (χ1) is 13.0. The number of hydrogen-bond donors (Lipinski definition) is 2. The fourth-order valence-corrected chi connectivity index (χ4v) is 2.60. The number of aromatic amines is 1. The van der Waals surface area contributed by atoms with Crippen LogP contribution in [0.25, 0.3) is 10.9 Å². The number of carbonyl (C=O) groups is 1. The van der Waals surface area contributed by atoms with Crippen molar-refractivity contribution < 1.29 is 28.5 Å². The summed E-state index contributed by atoms with van der Waals surface area (Å²) < 4.78 is 28.9. The number of fused-ring (bicyclic) bond motifs is 1. The summed E-state index contributed by atoms with van der Waals surface area (Å²) in [6.07, 6.45) is 0. The molecular formula is C18H16FN3O5. The Labute approximate surface area is 153 Å². The van der Waals surface area contributed by atoms with Gasteiger partial charge in [-0.25, -0.2) is 4.39 Å². The van der Waals surface area contributed by atoms with E-state index < -0.39 is 11.7 Å². The molecule has 140 valence electrons.